The zero-order valence-electron chi connectivity index (χ0n) is 10.1. The Bertz CT molecular complexity index is 588. The highest BCUT2D eigenvalue weighted by Crippen LogP contribution is 2.28. The van der Waals surface area contributed by atoms with Gasteiger partial charge in [0.15, 0.2) is 5.13 Å². The molecule has 1 aromatic heterocycles. The molecule has 0 aliphatic rings. The molecule has 0 spiro atoms. The summed E-state index contributed by atoms with van der Waals surface area (Å²) >= 11 is 5.64. The van der Waals surface area contributed by atoms with Gasteiger partial charge in [-0.05, 0) is 19.1 Å². The summed E-state index contributed by atoms with van der Waals surface area (Å²) in [6.45, 7) is 2.03. The number of rotatable bonds is 2. The Hall–Kier alpha value is -1.44. The minimum atomic E-state index is 0.611. The van der Waals surface area contributed by atoms with Gasteiger partial charge < -0.3 is 5.73 Å². The van der Waals surface area contributed by atoms with Crippen molar-refractivity contribution < 1.29 is 0 Å². The van der Waals surface area contributed by atoms with Gasteiger partial charge in [0.2, 0.25) is 0 Å². The van der Waals surface area contributed by atoms with Gasteiger partial charge in [-0.15, -0.1) is 11.3 Å². The van der Waals surface area contributed by atoms with E-state index in [0.717, 1.165) is 33.9 Å². The van der Waals surface area contributed by atoms with Gasteiger partial charge >= 0.3 is 0 Å². The van der Waals surface area contributed by atoms with Crippen molar-refractivity contribution in [1.29, 1.82) is 0 Å². The van der Waals surface area contributed by atoms with Crippen LogP contribution in [0.2, 0.25) is 0 Å². The standard InChI is InChI=1S/C14H14N2S2/c1-10-13(16-14(15)18-10)12-7-5-11(6-8-12)4-2-3-9-17/h5-8,17H,3,9H2,1H3,(H2,15,16). The fraction of sp³-hybridized carbons (Fsp3) is 0.214. The minimum Gasteiger partial charge on any atom is -0.375 e. The second kappa shape index (κ2) is 5.94. The zero-order chi connectivity index (χ0) is 13.0. The summed E-state index contributed by atoms with van der Waals surface area (Å²) in [4.78, 5) is 5.48. The largest absolute Gasteiger partial charge is 0.375 e. The van der Waals surface area contributed by atoms with Crippen molar-refractivity contribution in [3.63, 3.8) is 0 Å². The third kappa shape index (κ3) is 3.06. The number of nitrogens with zero attached hydrogens (tertiary/aromatic N) is 1. The first kappa shape index (κ1) is 13.0. The summed E-state index contributed by atoms with van der Waals surface area (Å²) in [5, 5.41) is 0.611. The van der Waals surface area contributed by atoms with E-state index in [2.05, 4.69) is 29.5 Å². The number of anilines is 1. The normalized spacial score (nSPS) is 9.89. The molecule has 0 atom stereocenters. The van der Waals surface area contributed by atoms with Crippen LogP contribution in [0, 0.1) is 18.8 Å². The first-order valence-corrected chi connectivity index (χ1v) is 7.08. The van der Waals surface area contributed by atoms with Crippen molar-refractivity contribution in [2.75, 3.05) is 11.5 Å². The molecule has 0 aliphatic heterocycles. The lowest BCUT2D eigenvalue weighted by Gasteiger charge is -1.98. The first-order valence-electron chi connectivity index (χ1n) is 5.64. The van der Waals surface area contributed by atoms with Crippen LogP contribution in [0.15, 0.2) is 24.3 Å². The number of thiazole rings is 1. The molecule has 2 rings (SSSR count). The van der Waals surface area contributed by atoms with Crippen LogP contribution in [0.4, 0.5) is 5.13 Å². The fourth-order valence-electron chi connectivity index (χ4n) is 1.62. The summed E-state index contributed by atoms with van der Waals surface area (Å²) in [5.41, 5.74) is 8.77. The molecule has 0 amide bonds. The van der Waals surface area contributed by atoms with Crippen LogP contribution in [-0.4, -0.2) is 10.7 Å². The van der Waals surface area contributed by atoms with Crippen molar-refractivity contribution in [1.82, 2.24) is 4.98 Å². The van der Waals surface area contributed by atoms with Gasteiger partial charge in [0.25, 0.3) is 0 Å². The average molecular weight is 274 g/mol. The maximum Gasteiger partial charge on any atom is 0.180 e. The minimum absolute atomic E-state index is 0.611. The van der Waals surface area contributed by atoms with Gasteiger partial charge in [-0.1, -0.05) is 24.0 Å². The van der Waals surface area contributed by atoms with Crippen molar-refractivity contribution in [3.05, 3.63) is 34.7 Å². The molecule has 18 heavy (non-hydrogen) atoms. The highest BCUT2D eigenvalue weighted by atomic mass is 32.1. The van der Waals surface area contributed by atoms with E-state index in [1.165, 1.54) is 11.3 Å². The number of aromatic nitrogens is 1. The molecule has 2 aromatic rings. The maximum absolute atomic E-state index is 5.71. The van der Waals surface area contributed by atoms with E-state index in [-0.39, 0.29) is 0 Å². The first-order chi connectivity index (χ1) is 8.70. The average Bonchev–Trinajstić information content (AvgIpc) is 2.70. The van der Waals surface area contributed by atoms with Crippen LogP contribution in [0.25, 0.3) is 11.3 Å². The molecule has 0 fully saturated rings. The van der Waals surface area contributed by atoms with Crippen molar-refractivity contribution in [2.45, 2.75) is 13.3 Å². The SMILES string of the molecule is Cc1sc(N)nc1-c1ccc(C#CCCS)cc1. The van der Waals surface area contributed by atoms with Gasteiger partial charge in [-0.25, -0.2) is 4.98 Å². The number of benzene rings is 1. The number of hydrogen-bond donors (Lipinski definition) is 2. The van der Waals surface area contributed by atoms with Crippen LogP contribution < -0.4 is 5.73 Å². The Morgan fingerprint density at radius 3 is 2.61 bits per heavy atom. The van der Waals surface area contributed by atoms with Crippen LogP contribution >= 0.6 is 24.0 Å². The molecule has 0 aliphatic carbocycles. The summed E-state index contributed by atoms with van der Waals surface area (Å²) < 4.78 is 0. The lowest BCUT2D eigenvalue weighted by molar-refractivity contribution is 1.31. The molecule has 1 aromatic carbocycles. The molecule has 2 nitrogen and oxygen atoms in total. The molecule has 0 bridgehead atoms. The zero-order valence-corrected chi connectivity index (χ0v) is 11.8. The fourth-order valence-corrected chi connectivity index (χ4v) is 2.44. The predicted octanol–water partition coefficient (Wildman–Crippen LogP) is 3.37. The second-order valence-electron chi connectivity index (χ2n) is 3.81. The van der Waals surface area contributed by atoms with E-state index >= 15 is 0 Å². The van der Waals surface area contributed by atoms with Gasteiger partial charge in [-0.3, -0.25) is 0 Å². The summed E-state index contributed by atoms with van der Waals surface area (Å²) in [6.07, 6.45) is 0.812. The van der Waals surface area contributed by atoms with Crippen molar-refractivity contribution in [2.24, 2.45) is 0 Å². The Morgan fingerprint density at radius 1 is 1.33 bits per heavy atom. The van der Waals surface area contributed by atoms with Crippen molar-refractivity contribution >= 4 is 29.1 Å². The summed E-state index contributed by atoms with van der Waals surface area (Å²) in [5.74, 6) is 6.96. The molecule has 0 unspecified atom stereocenters. The number of hydrogen-bond acceptors (Lipinski definition) is 4. The Labute approximate surface area is 117 Å². The Morgan fingerprint density at radius 2 is 2.06 bits per heavy atom. The van der Waals surface area contributed by atoms with Gasteiger partial charge in [0.05, 0.1) is 5.69 Å². The second-order valence-corrected chi connectivity index (χ2v) is 5.49. The molecule has 2 N–H and O–H groups in total. The lowest BCUT2D eigenvalue weighted by Crippen LogP contribution is -1.84. The number of aryl methyl sites for hydroxylation is 1. The maximum atomic E-state index is 5.71. The Kier molecular flexibility index (Phi) is 4.29. The van der Waals surface area contributed by atoms with E-state index in [4.69, 9.17) is 5.73 Å². The third-order valence-corrected chi connectivity index (χ3v) is 3.46. The molecule has 1 heterocycles. The van der Waals surface area contributed by atoms with E-state index in [0.29, 0.717) is 5.13 Å². The van der Waals surface area contributed by atoms with E-state index in [9.17, 15) is 0 Å². The van der Waals surface area contributed by atoms with E-state index in [1.54, 1.807) is 0 Å². The van der Waals surface area contributed by atoms with Crippen molar-refractivity contribution in [3.8, 4) is 23.1 Å². The summed E-state index contributed by atoms with van der Waals surface area (Å²) in [7, 11) is 0. The number of thiol groups is 1. The molecule has 0 saturated carbocycles. The lowest BCUT2D eigenvalue weighted by atomic mass is 10.1. The van der Waals surface area contributed by atoms with Gasteiger partial charge in [0, 0.05) is 28.2 Å². The van der Waals surface area contributed by atoms with Gasteiger partial charge in [-0.2, -0.15) is 12.6 Å². The topological polar surface area (TPSA) is 38.9 Å². The summed E-state index contributed by atoms with van der Waals surface area (Å²) in [6, 6.07) is 8.09. The number of nitrogens with two attached hydrogens (primary N) is 1. The Balaban J connectivity index is 2.23. The number of nitrogen functional groups attached to an aromatic ring is 1. The molecule has 4 heteroatoms. The quantitative estimate of drug-likeness (QED) is 0.651. The highest BCUT2D eigenvalue weighted by Gasteiger charge is 2.07. The van der Waals surface area contributed by atoms with Crippen LogP contribution in [0.5, 0.6) is 0 Å². The molecular weight excluding hydrogens is 260 g/mol. The predicted molar refractivity (Wildman–Crippen MR) is 82.0 cm³/mol. The molecule has 0 radical (unpaired) electrons. The third-order valence-electron chi connectivity index (χ3n) is 2.44. The van der Waals surface area contributed by atoms with E-state index < -0.39 is 0 Å². The van der Waals surface area contributed by atoms with E-state index in [1.807, 2.05) is 31.2 Å². The van der Waals surface area contributed by atoms with Crippen LogP contribution in [0.1, 0.15) is 16.9 Å². The molecule has 0 saturated heterocycles. The smallest absolute Gasteiger partial charge is 0.180 e. The molecule has 92 valence electrons. The highest BCUT2D eigenvalue weighted by molar-refractivity contribution is 7.80. The monoisotopic (exact) mass is 274 g/mol. The van der Waals surface area contributed by atoms with Crippen LogP contribution in [-0.2, 0) is 0 Å². The van der Waals surface area contributed by atoms with Gasteiger partial charge in [0.1, 0.15) is 0 Å². The molecular formula is C14H14N2S2. The van der Waals surface area contributed by atoms with Crippen LogP contribution in [0.3, 0.4) is 0 Å².